The van der Waals surface area contributed by atoms with Gasteiger partial charge in [0.15, 0.2) is 0 Å². The number of benzene rings is 7. The number of aliphatic imine (C=N–C) groups is 1. The van der Waals surface area contributed by atoms with Gasteiger partial charge in [0.2, 0.25) is 5.88 Å². The highest BCUT2D eigenvalue weighted by Gasteiger charge is 2.39. The zero-order valence-corrected chi connectivity index (χ0v) is 31.5. The number of nitrogens with zero attached hydrogens (tertiary/aromatic N) is 3. The number of hydrogen-bond donors (Lipinski definition) is 0. The van der Waals surface area contributed by atoms with E-state index in [1.807, 2.05) is 0 Å². The molecule has 4 aromatic heterocycles. The largest absolute Gasteiger partial charge is 0.438 e. The fraction of sp³-hybridized carbons (Fsp3) is 0.113. The molecule has 1 aliphatic heterocycles. The van der Waals surface area contributed by atoms with Gasteiger partial charge in [0.25, 0.3) is 0 Å². The number of aryl methyl sites for hydroxylation is 1. The monoisotopic (exact) mass is 731 g/mol. The van der Waals surface area contributed by atoms with Crippen LogP contribution in [0.5, 0.6) is 0 Å². The van der Waals surface area contributed by atoms with Crippen molar-refractivity contribution in [1.29, 1.82) is 0 Å². The summed E-state index contributed by atoms with van der Waals surface area (Å²) in [5, 5.41) is 10.1. The van der Waals surface area contributed by atoms with Crippen molar-refractivity contribution in [1.82, 2.24) is 8.97 Å². The smallest absolute Gasteiger partial charge is 0.225 e. The summed E-state index contributed by atoms with van der Waals surface area (Å²) in [4.78, 5) is 5.68. The molecule has 0 spiro atoms. The van der Waals surface area contributed by atoms with Crippen LogP contribution in [-0.4, -0.2) is 14.8 Å². The Morgan fingerprint density at radius 3 is 2.35 bits per heavy atom. The Bertz CT molecular complexity index is 3520. The van der Waals surface area contributed by atoms with Crippen LogP contribution in [0.25, 0.3) is 87.9 Å². The first-order chi connectivity index (χ1) is 28.2. The molecule has 2 aliphatic rings. The van der Waals surface area contributed by atoms with Crippen molar-refractivity contribution >= 4 is 88.5 Å². The molecule has 2 atom stereocenters. The highest BCUT2D eigenvalue weighted by atomic mass is 16.3. The zero-order valence-electron chi connectivity index (χ0n) is 31.5. The van der Waals surface area contributed by atoms with Crippen molar-refractivity contribution in [2.24, 2.45) is 10.9 Å². The van der Waals surface area contributed by atoms with Crippen molar-refractivity contribution in [3.63, 3.8) is 0 Å². The van der Waals surface area contributed by atoms with E-state index >= 15 is 0 Å². The van der Waals surface area contributed by atoms with E-state index < -0.39 is 0 Å². The Labute approximate surface area is 328 Å². The van der Waals surface area contributed by atoms with Gasteiger partial charge in [0.1, 0.15) is 11.4 Å². The van der Waals surface area contributed by atoms with E-state index in [1.54, 1.807) is 0 Å². The molecule has 4 nitrogen and oxygen atoms in total. The second kappa shape index (κ2) is 11.6. The molecule has 0 saturated heterocycles. The predicted molar refractivity (Wildman–Crippen MR) is 238 cm³/mol. The van der Waals surface area contributed by atoms with Crippen LogP contribution in [0.3, 0.4) is 0 Å². The molecule has 0 bridgehead atoms. The lowest BCUT2D eigenvalue weighted by Crippen LogP contribution is -2.31. The van der Waals surface area contributed by atoms with Crippen LogP contribution in [0.1, 0.15) is 48.1 Å². The van der Waals surface area contributed by atoms with Gasteiger partial charge < -0.3 is 8.82 Å². The standard InChI is InChI=1S/C53H37N3O/c1-2-36-47(35-25-24-32-16-6-7-17-33(32)28-35)48-39-20-10-13-23-46(39)57-53(48)54-52(36)56-45-27-26-34(31-14-4-3-5-15-31)29-40(45)42-30-41-37-18-8-11-21-43(37)55-44-22-12-9-19-38(44)49(50(41)55)51(42)56/h3-10,12-20,22-30,36,47H,2,11,21H2,1H3. The molecule has 4 heteroatoms. The molecule has 0 radical (unpaired) electrons. The Morgan fingerprint density at radius 2 is 1.46 bits per heavy atom. The minimum atomic E-state index is 0.0350. The molecule has 0 N–H and O–H groups in total. The van der Waals surface area contributed by atoms with Gasteiger partial charge in [-0.15, -0.1) is 0 Å². The molecule has 0 amide bonds. The third kappa shape index (κ3) is 4.19. The van der Waals surface area contributed by atoms with Crippen LogP contribution in [0.4, 0.5) is 5.88 Å². The molecule has 5 heterocycles. The number of fused-ring (bicyclic) bond motifs is 14. The maximum absolute atomic E-state index is 6.79. The van der Waals surface area contributed by atoms with E-state index in [2.05, 4.69) is 174 Å². The highest BCUT2D eigenvalue weighted by Crippen LogP contribution is 2.52. The zero-order chi connectivity index (χ0) is 37.4. The predicted octanol–water partition coefficient (Wildman–Crippen LogP) is 14.1. The summed E-state index contributed by atoms with van der Waals surface area (Å²) in [7, 11) is 0. The summed E-state index contributed by atoms with van der Waals surface area (Å²) in [6.45, 7) is 2.33. The van der Waals surface area contributed by atoms with Gasteiger partial charge in [-0.05, 0) is 77.1 Å². The second-order valence-electron chi connectivity index (χ2n) is 16.0. The maximum atomic E-state index is 6.79. The molecule has 11 aromatic rings. The Hall–Kier alpha value is -6.91. The van der Waals surface area contributed by atoms with Crippen LogP contribution in [-0.2, 0) is 6.42 Å². The van der Waals surface area contributed by atoms with Gasteiger partial charge in [0, 0.05) is 61.0 Å². The van der Waals surface area contributed by atoms with E-state index in [9.17, 15) is 0 Å². The first kappa shape index (κ1) is 31.3. The van der Waals surface area contributed by atoms with E-state index in [0.29, 0.717) is 5.88 Å². The molecule has 2 unspecified atom stereocenters. The topological polar surface area (TPSA) is 34.8 Å². The molecule has 270 valence electrons. The number of hydrogen-bond acceptors (Lipinski definition) is 2. The van der Waals surface area contributed by atoms with Gasteiger partial charge in [-0.3, -0.25) is 4.57 Å². The lowest BCUT2D eigenvalue weighted by atomic mass is 9.76. The van der Waals surface area contributed by atoms with Crippen molar-refractivity contribution in [3.05, 3.63) is 174 Å². The molecular weight excluding hydrogens is 695 g/mol. The molecule has 0 fully saturated rings. The summed E-state index contributed by atoms with van der Waals surface area (Å²) in [5.74, 6) is 1.85. The average Bonchev–Trinajstić information content (AvgIpc) is 4.01. The summed E-state index contributed by atoms with van der Waals surface area (Å²) < 4.78 is 11.9. The first-order valence-electron chi connectivity index (χ1n) is 20.3. The van der Waals surface area contributed by atoms with Gasteiger partial charge in [-0.2, -0.15) is 4.99 Å². The van der Waals surface area contributed by atoms with E-state index in [4.69, 9.17) is 9.41 Å². The van der Waals surface area contributed by atoms with Gasteiger partial charge >= 0.3 is 0 Å². The number of furan rings is 1. The van der Waals surface area contributed by atoms with E-state index in [0.717, 1.165) is 36.1 Å². The molecule has 7 aromatic carbocycles. The summed E-state index contributed by atoms with van der Waals surface area (Å²) in [6.07, 6.45) is 7.71. The summed E-state index contributed by atoms with van der Waals surface area (Å²) >= 11 is 0. The number of allylic oxidation sites excluding steroid dienone is 1. The van der Waals surface area contributed by atoms with E-state index in [-0.39, 0.29) is 11.8 Å². The average molecular weight is 732 g/mol. The summed E-state index contributed by atoms with van der Waals surface area (Å²) in [6, 6.07) is 53.6. The number of rotatable bonds is 3. The minimum absolute atomic E-state index is 0.0350. The lowest BCUT2D eigenvalue weighted by molar-refractivity contribution is 0.541. The minimum Gasteiger partial charge on any atom is -0.438 e. The van der Waals surface area contributed by atoms with Gasteiger partial charge in [-0.25, -0.2) is 0 Å². The molecule has 1 aliphatic carbocycles. The Morgan fingerprint density at radius 1 is 0.649 bits per heavy atom. The first-order valence-corrected chi connectivity index (χ1v) is 20.3. The molecule has 13 rings (SSSR count). The Balaban J connectivity index is 1.20. The van der Waals surface area contributed by atoms with Gasteiger partial charge in [0.05, 0.1) is 22.1 Å². The highest BCUT2D eigenvalue weighted by molar-refractivity contribution is 6.33. The van der Waals surface area contributed by atoms with Crippen molar-refractivity contribution in [2.45, 2.75) is 32.1 Å². The van der Waals surface area contributed by atoms with Crippen LogP contribution in [0, 0.1) is 5.92 Å². The fourth-order valence-corrected chi connectivity index (χ4v) is 10.7. The quantitative estimate of drug-likeness (QED) is 0.178. The number of aromatic nitrogens is 2. The van der Waals surface area contributed by atoms with Crippen LogP contribution < -0.4 is 0 Å². The fourth-order valence-electron chi connectivity index (χ4n) is 10.7. The lowest BCUT2D eigenvalue weighted by Gasteiger charge is -2.32. The van der Waals surface area contributed by atoms with Crippen LogP contribution in [0.2, 0.25) is 0 Å². The van der Waals surface area contributed by atoms with Crippen LogP contribution >= 0.6 is 0 Å². The van der Waals surface area contributed by atoms with Crippen molar-refractivity contribution < 1.29 is 4.42 Å². The molecular formula is C53H37N3O. The Kier molecular flexibility index (Phi) is 6.35. The van der Waals surface area contributed by atoms with Crippen molar-refractivity contribution in [2.75, 3.05) is 0 Å². The molecule has 0 saturated carbocycles. The SMILES string of the molecule is CCC1C(n2c3ccc(-c4ccccc4)cc3c3cc4c5c(n6c7ccccc7c(c32)c46)CCC=C5)=Nc2oc3ccccc3c2C1c1ccc2ccccc2c1. The normalized spacial score (nSPS) is 16.8. The summed E-state index contributed by atoms with van der Waals surface area (Å²) in [5.41, 5.74) is 13.5. The van der Waals surface area contributed by atoms with E-state index in [1.165, 1.54) is 93.3 Å². The van der Waals surface area contributed by atoms with Gasteiger partial charge in [-0.1, -0.05) is 134 Å². The maximum Gasteiger partial charge on any atom is 0.225 e. The number of para-hydroxylation sites is 2. The second-order valence-corrected chi connectivity index (χ2v) is 16.0. The van der Waals surface area contributed by atoms with Crippen molar-refractivity contribution in [3.8, 4) is 11.1 Å². The molecule has 57 heavy (non-hydrogen) atoms. The third-order valence-corrected chi connectivity index (χ3v) is 13.1. The third-order valence-electron chi connectivity index (χ3n) is 13.1. The van der Waals surface area contributed by atoms with Crippen LogP contribution in [0.15, 0.2) is 161 Å².